The van der Waals surface area contributed by atoms with E-state index in [0.29, 0.717) is 17.8 Å². The van der Waals surface area contributed by atoms with Gasteiger partial charge in [0.25, 0.3) is 0 Å². The number of fused-ring (bicyclic) bond motifs is 1. The van der Waals surface area contributed by atoms with E-state index in [9.17, 15) is 5.11 Å². The summed E-state index contributed by atoms with van der Waals surface area (Å²) >= 11 is 0. The molecule has 3 unspecified atom stereocenters. The second kappa shape index (κ2) is 4.29. The smallest absolute Gasteiger partial charge is 0.0611 e. The highest BCUT2D eigenvalue weighted by molar-refractivity contribution is 5.19. The third-order valence-corrected chi connectivity index (χ3v) is 4.60. The Morgan fingerprint density at radius 3 is 2.80 bits per heavy atom. The van der Waals surface area contributed by atoms with Gasteiger partial charge in [-0.05, 0) is 37.0 Å². The monoisotopic (exact) mass is 208 g/mol. The van der Waals surface area contributed by atoms with Crippen molar-refractivity contribution >= 4 is 0 Å². The standard InChI is InChI=1S/C14H24O/c1-4-11-9(2)8-10(3)12-6-5-7-13(15)14(11)12/h6,9-11,13-15H,4-5,7-8H2,1-3H3/t9-,10?,11?,13-,14?/m0/s1. The Morgan fingerprint density at radius 2 is 2.13 bits per heavy atom. The molecule has 15 heavy (non-hydrogen) atoms. The van der Waals surface area contributed by atoms with Crippen molar-refractivity contribution in [2.24, 2.45) is 23.7 Å². The van der Waals surface area contributed by atoms with E-state index in [-0.39, 0.29) is 6.10 Å². The Morgan fingerprint density at radius 1 is 1.40 bits per heavy atom. The SMILES string of the molecule is CCC1C2C(=CCC[C@@H]2O)C(C)C[C@@H]1C. The molecule has 0 amide bonds. The molecule has 2 rings (SSSR count). The van der Waals surface area contributed by atoms with Crippen LogP contribution in [0.1, 0.15) is 46.5 Å². The quantitative estimate of drug-likeness (QED) is 0.655. The Hall–Kier alpha value is -0.300. The minimum absolute atomic E-state index is 0.0693. The van der Waals surface area contributed by atoms with Crippen LogP contribution in [0.25, 0.3) is 0 Å². The van der Waals surface area contributed by atoms with Gasteiger partial charge in [-0.1, -0.05) is 38.8 Å². The van der Waals surface area contributed by atoms with Gasteiger partial charge in [-0.25, -0.2) is 0 Å². The maximum atomic E-state index is 10.2. The van der Waals surface area contributed by atoms with Gasteiger partial charge in [0.15, 0.2) is 0 Å². The lowest BCUT2D eigenvalue weighted by atomic mass is 9.61. The van der Waals surface area contributed by atoms with E-state index in [2.05, 4.69) is 26.8 Å². The van der Waals surface area contributed by atoms with Crippen LogP contribution in [0.2, 0.25) is 0 Å². The first kappa shape index (κ1) is 11.2. The van der Waals surface area contributed by atoms with Crippen molar-refractivity contribution in [1.82, 2.24) is 0 Å². The van der Waals surface area contributed by atoms with Crippen LogP contribution >= 0.6 is 0 Å². The van der Waals surface area contributed by atoms with Crippen molar-refractivity contribution in [2.75, 3.05) is 0 Å². The molecule has 2 aliphatic rings. The molecule has 1 heteroatoms. The molecule has 0 aliphatic heterocycles. The Labute approximate surface area is 93.6 Å². The Balaban J connectivity index is 2.28. The van der Waals surface area contributed by atoms with Crippen molar-refractivity contribution < 1.29 is 5.11 Å². The number of aliphatic hydroxyl groups is 1. The molecular weight excluding hydrogens is 184 g/mol. The second-order valence-electron chi connectivity index (χ2n) is 5.56. The third kappa shape index (κ3) is 1.87. The molecule has 0 radical (unpaired) electrons. The molecule has 1 saturated carbocycles. The normalized spacial score (nSPS) is 45.9. The number of allylic oxidation sites excluding steroid dienone is 1. The van der Waals surface area contributed by atoms with E-state index >= 15 is 0 Å². The first-order valence-electron chi connectivity index (χ1n) is 6.53. The highest BCUT2D eigenvalue weighted by atomic mass is 16.3. The number of hydrogen-bond donors (Lipinski definition) is 1. The summed E-state index contributed by atoms with van der Waals surface area (Å²) < 4.78 is 0. The zero-order valence-corrected chi connectivity index (χ0v) is 10.2. The average molecular weight is 208 g/mol. The highest BCUT2D eigenvalue weighted by Gasteiger charge is 2.41. The van der Waals surface area contributed by atoms with E-state index in [1.165, 1.54) is 12.8 Å². The topological polar surface area (TPSA) is 20.2 Å². The van der Waals surface area contributed by atoms with E-state index in [1.807, 2.05) is 0 Å². The molecule has 5 atom stereocenters. The summed E-state index contributed by atoms with van der Waals surface area (Å²) in [6.45, 7) is 6.97. The van der Waals surface area contributed by atoms with Crippen molar-refractivity contribution in [3.63, 3.8) is 0 Å². The molecule has 1 nitrogen and oxygen atoms in total. The van der Waals surface area contributed by atoms with Crippen LogP contribution in [0.5, 0.6) is 0 Å². The fourth-order valence-electron chi connectivity index (χ4n) is 3.90. The highest BCUT2D eigenvalue weighted by Crippen LogP contribution is 2.47. The molecule has 2 aliphatic carbocycles. The number of aliphatic hydroxyl groups excluding tert-OH is 1. The lowest BCUT2D eigenvalue weighted by molar-refractivity contribution is 0.0325. The van der Waals surface area contributed by atoms with Gasteiger partial charge in [-0.2, -0.15) is 0 Å². The van der Waals surface area contributed by atoms with Gasteiger partial charge in [0.2, 0.25) is 0 Å². The summed E-state index contributed by atoms with van der Waals surface area (Å²) in [5.41, 5.74) is 1.57. The molecule has 1 N–H and O–H groups in total. The summed E-state index contributed by atoms with van der Waals surface area (Å²) in [6.07, 6.45) is 6.93. The summed E-state index contributed by atoms with van der Waals surface area (Å²) in [7, 11) is 0. The average Bonchev–Trinajstić information content (AvgIpc) is 2.20. The van der Waals surface area contributed by atoms with Crippen LogP contribution in [0.3, 0.4) is 0 Å². The summed E-state index contributed by atoms with van der Waals surface area (Å²) in [5, 5.41) is 10.2. The molecule has 0 aromatic carbocycles. The summed E-state index contributed by atoms with van der Waals surface area (Å²) in [6, 6.07) is 0. The fourth-order valence-corrected chi connectivity index (χ4v) is 3.90. The Bertz CT molecular complexity index is 256. The first-order chi connectivity index (χ1) is 7.15. The van der Waals surface area contributed by atoms with Gasteiger partial charge in [0.1, 0.15) is 0 Å². The minimum Gasteiger partial charge on any atom is -0.392 e. The lowest BCUT2D eigenvalue weighted by Gasteiger charge is -2.45. The molecule has 0 saturated heterocycles. The van der Waals surface area contributed by atoms with Crippen molar-refractivity contribution in [3.8, 4) is 0 Å². The minimum atomic E-state index is -0.0693. The maximum absolute atomic E-state index is 10.2. The molecule has 0 bridgehead atoms. The van der Waals surface area contributed by atoms with Crippen molar-refractivity contribution in [2.45, 2.75) is 52.6 Å². The van der Waals surface area contributed by atoms with E-state index in [4.69, 9.17) is 0 Å². The van der Waals surface area contributed by atoms with Crippen LogP contribution in [0.4, 0.5) is 0 Å². The van der Waals surface area contributed by atoms with Crippen LogP contribution in [0, 0.1) is 23.7 Å². The fraction of sp³-hybridized carbons (Fsp3) is 0.857. The van der Waals surface area contributed by atoms with Gasteiger partial charge in [0, 0.05) is 5.92 Å². The van der Waals surface area contributed by atoms with Crippen LogP contribution in [-0.2, 0) is 0 Å². The molecule has 1 fully saturated rings. The largest absolute Gasteiger partial charge is 0.392 e. The van der Waals surface area contributed by atoms with Gasteiger partial charge < -0.3 is 5.11 Å². The first-order valence-corrected chi connectivity index (χ1v) is 6.53. The molecule has 0 heterocycles. The van der Waals surface area contributed by atoms with Crippen LogP contribution in [0.15, 0.2) is 11.6 Å². The van der Waals surface area contributed by atoms with E-state index in [0.717, 1.165) is 18.8 Å². The lowest BCUT2D eigenvalue weighted by Crippen LogP contribution is -2.41. The number of hydrogen-bond acceptors (Lipinski definition) is 1. The van der Waals surface area contributed by atoms with Gasteiger partial charge >= 0.3 is 0 Å². The van der Waals surface area contributed by atoms with Crippen LogP contribution < -0.4 is 0 Å². The van der Waals surface area contributed by atoms with Crippen molar-refractivity contribution in [3.05, 3.63) is 11.6 Å². The van der Waals surface area contributed by atoms with Gasteiger partial charge in [-0.15, -0.1) is 0 Å². The second-order valence-corrected chi connectivity index (χ2v) is 5.56. The third-order valence-electron chi connectivity index (χ3n) is 4.60. The zero-order chi connectivity index (χ0) is 11.0. The molecule has 86 valence electrons. The van der Waals surface area contributed by atoms with Crippen LogP contribution in [-0.4, -0.2) is 11.2 Å². The molecule has 0 spiro atoms. The van der Waals surface area contributed by atoms with Gasteiger partial charge in [0.05, 0.1) is 6.10 Å². The molecule has 0 aromatic rings. The van der Waals surface area contributed by atoms with Crippen molar-refractivity contribution in [1.29, 1.82) is 0 Å². The molecule has 0 aromatic heterocycles. The predicted molar refractivity (Wildman–Crippen MR) is 63.5 cm³/mol. The molecular formula is C14H24O. The summed E-state index contributed by atoms with van der Waals surface area (Å²) in [4.78, 5) is 0. The maximum Gasteiger partial charge on any atom is 0.0611 e. The summed E-state index contributed by atoms with van der Waals surface area (Å²) in [5.74, 6) is 2.66. The predicted octanol–water partition coefficient (Wildman–Crippen LogP) is 3.39. The Kier molecular flexibility index (Phi) is 3.20. The van der Waals surface area contributed by atoms with E-state index < -0.39 is 0 Å². The van der Waals surface area contributed by atoms with Gasteiger partial charge in [-0.3, -0.25) is 0 Å². The van der Waals surface area contributed by atoms with E-state index in [1.54, 1.807) is 5.57 Å². The zero-order valence-electron chi connectivity index (χ0n) is 10.2. The number of rotatable bonds is 1.